The second-order valence-electron chi connectivity index (χ2n) is 13.6. The Hall–Kier alpha value is -7.12. The van der Waals surface area contributed by atoms with E-state index in [1.54, 1.807) is 0 Å². The maximum Gasteiger partial charge on any atom is 0.536 e. The minimum absolute atomic E-state index is 0.101. The molecule has 0 saturated carbocycles. The van der Waals surface area contributed by atoms with Crippen molar-refractivity contribution in [1.82, 2.24) is 0 Å². The molecule has 1 unspecified atom stereocenters. The number of aromatic hydroxyl groups is 1. The Morgan fingerprint density at radius 3 is 0.641 bits per heavy atom. The summed E-state index contributed by atoms with van der Waals surface area (Å²) in [7, 11) is -10.0. The summed E-state index contributed by atoms with van der Waals surface area (Å²) in [5.41, 5.74) is 10.2. The van der Waals surface area contributed by atoms with Crippen molar-refractivity contribution < 1.29 is 37.8 Å². The third-order valence-electron chi connectivity index (χ3n) is 8.79. The summed E-state index contributed by atoms with van der Waals surface area (Å²) in [6.45, 7) is 0. The van der Waals surface area contributed by atoms with Gasteiger partial charge in [0.1, 0.15) is 11.5 Å². The number of hydrogen-bond acceptors (Lipinski definition) is 5. The van der Waals surface area contributed by atoms with E-state index in [9.17, 15) is 9.13 Å². The zero-order valence-electron chi connectivity index (χ0n) is 34.7. The van der Waals surface area contributed by atoms with Crippen molar-refractivity contribution in [1.29, 1.82) is 0 Å². The van der Waals surface area contributed by atoms with Crippen molar-refractivity contribution in [3.8, 4) is 56.0 Å². The van der Waals surface area contributed by atoms with Gasteiger partial charge in [0.25, 0.3) is 0 Å². The summed E-state index contributed by atoms with van der Waals surface area (Å²) in [5.74, 6) is -0.284. The molecular weight excluding hydrogens is 839 g/mol. The summed E-state index contributed by atoms with van der Waals surface area (Å²) >= 11 is 0. The molecule has 9 aromatic rings. The predicted octanol–water partition coefficient (Wildman–Crippen LogP) is 14.4. The van der Waals surface area contributed by atoms with E-state index in [1.807, 2.05) is 48.5 Å². The third kappa shape index (κ3) is 18.1. The van der Waals surface area contributed by atoms with Crippen LogP contribution in [-0.2, 0) is 13.4 Å². The first-order valence-electron chi connectivity index (χ1n) is 20.0. The van der Waals surface area contributed by atoms with Crippen LogP contribution in [0.5, 0.6) is 11.5 Å². The van der Waals surface area contributed by atoms with Gasteiger partial charge in [0.05, 0.1) is 0 Å². The molecule has 0 amide bonds. The lowest BCUT2D eigenvalue weighted by Gasteiger charge is -2.12. The summed E-state index contributed by atoms with van der Waals surface area (Å²) in [4.78, 5) is 25.6. The number of phosphoric ester groups is 1. The fraction of sp³-hybridized carbons (Fsp3) is 0. The van der Waals surface area contributed by atoms with Crippen molar-refractivity contribution in [3.05, 3.63) is 267 Å². The van der Waals surface area contributed by atoms with Crippen LogP contribution in [0.1, 0.15) is 0 Å². The van der Waals surface area contributed by atoms with Crippen LogP contribution in [-0.4, -0.2) is 19.8 Å². The van der Waals surface area contributed by atoms with Gasteiger partial charge in [-0.2, -0.15) is 4.31 Å². The Morgan fingerprint density at radius 1 is 0.281 bits per heavy atom. The topological polar surface area (TPSA) is 134 Å². The molecule has 0 radical (unpaired) electrons. The van der Waals surface area contributed by atoms with Gasteiger partial charge in [0.15, 0.2) is 0 Å². The predicted molar refractivity (Wildman–Crippen MR) is 259 cm³/mol. The van der Waals surface area contributed by atoms with Crippen LogP contribution in [0.2, 0.25) is 0 Å². The van der Waals surface area contributed by atoms with Crippen LogP contribution in [0.25, 0.3) is 44.5 Å². The standard InChI is InChI=1S/4C12H10.C6H8O8P2/c4*1-3-7-11(8-4-1)12-9-5-2-6-10-12;7-5-1-3-6(4-2-5)13-16(11,12)14-15(8,9)10/h4*1-10H;1-4,7H,(H,11,12)(H2,8,9,10). The maximum atomic E-state index is 11.0. The first-order chi connectivity index (χ1) is 31.0. The molecule has 0 spiro atoms. The zero-order valence-corrected chi connectivity index (χ0v) is 36.5. The van der Waals surface area contributed by atoms with Crippen LogP contribution in [0.15, 0.2) is 267 Å². The van der Waals surface area contributed by atoms with Crippen LogP contribution in [0.3, 0.4) is 0 Å². The molecule has 64 heavy (non-hydrogen) atoms. The summed E-state index contributed by atoms with van der Waals surface area (Å²) in [6, 6.07) is 87.7. The highest BCUT2D eigenvalue weighted by atomic mass is 31.3. The largest absolute Gasteiger partial charge is 0.536 e. The number of phosphoric acid groups is 2. The van der Waals surface area contributed by atoms with E-state index in [0.717, 1.165) is 24.3 Å². The SMILES string of the molecule is O=P(O)(O)OP(=O)(O)Oc1ccc(O)cc1.c1ccc(-c2ccccc2)cc1.c1ccc(-c2ccccc2)cc1.c1ccc(-c2ccccc2)cc1.c1ccc(-c2ccccc2)cc1. The van der Waals surface area contributed by atoms with E-state index < -0.39 is 15.6 Å². The molecule has 0 saturated heterocycles. The fourth-order valence-corrected chi connectivity index (χ4v) is 7.43. The van der Waals surface area contributed by atoms with Gasteiger partial charge in [-0.1, -0.05) is 243 Å². The monoisotopic (exact) mass is 886 g/mol. The molecule has 10 heteroatoms. The molecule has 1 atom stereocenters. The van der Waals surface area contributed by atoms with Crippen LogP contribution in [0.4, 0.5) is 0 Å². The Bertz CT molecular complexity index is 2260. The second kappa shape index (κ2) is 25.7. The minimum atomic E-state index is -5.12. The van der Waals surface area contributed by atoms with Gasteiger partial charge in [-0.25, -0.2) is 9.13 Å². The molecule has 0 bridgehead atoms. The first kappa shape index (κ1) is 47.9. The Kier molecular flexibility index (Phi) is 19.3. The number of benzene rings is 9. The van der Waals surface area contributed by atoms with Gasteiger partial charge < -0.3 is 19.4 Å². The van der Waals surface area contributed by atoms with Crippen molar-refractivity contribution in [2.75, 3.05) is 0 Å². The van der Waals surface area contributed by atoms with E-state index in [1.165, 1.54) is 44.5 Å². The summed E-state index contributed by atoms with van der Waals surface area (Å²) < 4.78 is 29.2. The molecule has 0 aromatic heterocycles. The van der Waals surface area contributed by atoms with E-state index >= 15 is 0 Å². The summed E-state index contributed by atoms with van der Waals surface area (Å²) in [5, 5.41) is 8.90. The van der Waals surface area contributed by atoms with Gasteiger partial charge in [0, 0.05) is 0 Å². The average molecular weight is 887 g/mol. The van der Waals surface area contributed by atoms with Crippen LogP contribution < -0.4 is 4.52 Å². The van der Waals surface area contributed by atoms with Crippen molar-refractivity contribution in [3.63, 3.8) is 0 Å². The van der Waals surface area contributed by atoms with Gasteiger partial charge >= 0.3 is 15.6 Å². The molecule has 9 aromatic carbocycles. The first-order valence-corrected chi connectivity index (χ1v) is 23.1. The zero-order chi connectivity index (χ0) is 45.3. The van der Waals surface area contributed by atoms with Gasteiger partial charge in [-0.15, -0.1) is 0 Å². The molecule has 4 N–H and O–H groups in total. The van der Waals surface area contributed by atoms with Crippen LogP contribution in [0, 0.1) is 0 Å². The number of phenolic OH excluding ortho intramolecular Hbond substituents is 1. The molecule has 8 nitrogen and oxygen atoms in total. The molecule has 9 rings (SSSR count). The summed E-state index contributed by atoms with van der Waals surface area (Å²) in [6.07, 6.45) is 0. The highest BCUT2D eigenvalue weighted by Gasteiger charge is 2.33. The third-order valence-corrected chi connectivity index (χ3v) is 10.9. The molecule has 0 fully saturated rings. The van der Waals surface area contributed by atoms with Gasteiger partial charge in [0.2, 0.25) is 0 Å². The Morgan fingerprint density at radius 2 is 0.469 bits per heavy atom. The Labute approximate surface area is 374 Å². The second-order valence-corrected chi connectivity index (χ2v) is 16.3. The van der Waals surface area contributed by atoms with E-state index in [2.05, 4.69) is 203 Å². The van der Waals surface area contributed by atoms with Crippen molar-refractivity contribution in [2.45, 2.75) is 0 Å². The lowest BCUT2D eigenvalue weighted by Crippen LogP contribution is -1.95. The van der Waals surface area contributed by atoms with Crippen molar-refractivity contribution >= 4 is 15.6 Å². The average Bonchev–Trinajstić information content (AvgIpc) is 3.34. The van der Waals surface area contributed by atoms with Crippen molar-refractivity contribution in [2.24, 2.45) is 0 Å². The van der Waals surface area contributed by atoms with E-state index in [0.29, 0.717) is 0 Å². The van der Waals surface area contributed by atoms with E-state index in [4.69, 9.17) is 19.8 Å². The normalized spacial score (nSPS) is 11.1. The number of hydrogen-bond donors (Lipinski definition) is 4. The molecule has 0 aliphatic heterocycles. The smallest absolute Gasteiger partial charge is 0.508 e. The number of rotatable bonds is 8. The highest BCUT2D eigenvalue weighted by molar-refractivity contribution is 7.60. The number of phenols is 1. The molecule has 322 valence electrons. The lowest BCUT2D eigenvalue weighted by molar-refractivity contribution is 0.229. The molecule has 0 aliphatic rings. The highest BCUT2D eigenvalue weighted by Crippen LogP contribution is 2.57. The van der Waals surface area contributed by atoms with Gasteiger partial charge in [-0.05, 0) is 68.8 Å². The maximum absolute atomic E-state index is 11.0. The van der Waals surface area contributed by atoms with E-state index in [-0.39, 0.29) is 11.5 Å². The lowest BCUT2D eigenvalue weighted by atomic mass is 10.1. The Balaban J connectivity index is 0.000000151. The van der Waals surface area contributed by atoms with Gasteiger partial charge in [-0.3, -0.25) is 4.89 Å². The molecule has 0 heterocycles. The fourth-order valence-electron chi connectivity index (χ4n) is 5.84. The quantitative estimate of drug-likeness (QED) is 0.111. The molecule has 0 aliphatic carbocycles. The minimum Gasteiger partial charge on any atom is -0.508 e. The van der Waals surface area contributed by atoms with Crippen LogP contribution >= 0.6 is 15.6 Å². The molecular formula is C54H48O8P2.